The molecule has 4 aromatic carbocycles. The first-order valence-corrected chi connectivity index (χ1v) is 13.0. The van der Waals surface area contributed by atoms with E-state index in [1.165, 1.54) is 16.8 Å². The van der Waals surface area contributed by atoms with E-state index in [9.17, 15) is 9.18 Å². The van der Waals surface area contributed by atoms with Gasteiger partial charge < -0.3 is 8.98 Å². The van der Waals surface area contributed by atoms with Gasteiger partial charge in [0, 0.05) is 39.6 Å². The van der Waals surface area contributed by atoms with Crippen molar-refractivity contribution in [1.29, 1.82) is 0 Å². The number of furan rings is 1. The Hall–Kier alpha value is -5.01. The maximum Gasteiger partial charge on any atom is 0.282 e. The highest BCUT2D eigenvalue weighted by molar-refractivity contribution is 6.31. The standard InChI is InChI=1S/C32H20ClFN4O2/c33-23-11-14-29-21(15-23)16-30(40-29)31-36-27-7-3-1-6-26(27)32(39)38(31)35-17-22-19-37(28-8-4-2-5-25(22)28)18-20-9-12-24(34)13-10-20/h1-17,19H,18H2. The molecule has 0 aliphatic rings. The molecule has 0 atom stereocenters. The van der Waals surface area contributed by atoms with Crippen molar-refractivity contribution in [3.63, 3.8) is 0 Å². The third-order valence-electron chi connectivity index (χ3n) is 6.85. The van der Waals surface area contributed by atoms with E-state index in [1.807, 2.05) is 36.5 Å². The average Bonchev–Trinajstić information content (AvgIpc) is 3.55. The average molecular weight is 547 g/mol. The second-order valence-electron chi connectivity index (χ2n) is 9.46. The monoisotopic (exact) mass is 546 g/mol. The smallest absolute Gasteiger partial charge is 0.282 e. The minimum absolute atomic E-state index is 0.272. The maximum absolute atomic E-state index is 13.7. The van der Waals surface area contributed by atoms with Crippen LogP contribution in [0, 0.1) is 5.82 Å². The van der Waals surface area contributed by atoms with Crippen LogP contribution in [0.25, 0.3) is 44.4 Å². The highest BCUT2D eigenvalue weighted by atomic mass is 35.5. The highest BCUT2D eigenvalue weighted by Crippen LogP contribution is 2.29. The fourth-order valence-electron chi connectivity index (χ4n) is 4.93. The van der Waals surface area contributed by atoms with Gasteiger partial charge in [-0.05, 0) is 60.2 Å². The second kappa shape index (κ2) is 9.63. The van der Waals surface area contributed by atoms with E-state index in [1.54, 1.807) is 60.8 Å². The minimum Gasteiger partial charge on any atom is -0.453 e. The zero-order valence-corrected chi connectivity index (χ0v) is 21.7. The van der Waals surface area contributed by atoms with Gasteiger partial charge in [0.15, 0.2) is 5.76 Å². The molecule has 40 heavy (non-hydrogen) atoms. The number of rotatable bonds is 5. The SMILES string of the molecule is O=c1c2ccccc2nc(-c2cc3cc(Cl)ccc3o2)n1N=Cc1cn(Cc2ccc(F)cc2)c2ccccc12. The number of hydrogen-bond acceptors (Lipinski definition) is 4. The lowest BCUT2D eigenvalue weighted by Crippen LogP contribution is -2.20. The molecule has 0 radical (unpaired) electrons. The molecule has 194 valence electrons. The molecular weight excluding hydrogens is 527 g/mol. The van der Waals surface area contributed by atoms with Gasteiger partial charge >= 0.3 is 0 Å². The van der Waals surface area contributed by atoms with Gasteiger partial charge in [-0.1, -0.05) is 54.1 Å². The molecule has 0 bridgehead atoms. The van der Waals surface area contributed by atoms with E-state index in [0.717, 1.165) is 27.4 Å². The Morgan fingerprint density at radius 1 is 0.925 bits per heavy atom. The Kier molecular flexibility index (Phi) is 5.79. The molecule has 0 aliphatic heterocycles. The molecule has 3 aromatic heterocycles. The van der Waals surface area contributed by atoms with Crippen LogP contribution in [-0.2, 0) is 6.54 Å². The van der Waals surface area contributed by atoms with E-state index in [4.69, 9.17) is 21.0 Å². The Morgan fingerprint density at radius 3 is 2.55 bits per heavy atom. The number of nitrogens with zero attached hydrogens (tertiary/aromatic N) is 4. The summed E-state index contributed by atoms with van der Waals surface area (Å²) in [4.78, 5) is 18.4. The summed E-state index contributed by atoms with van der Waals surface area (Å²) in [7, 11) is 0. The summed E-state index contributed by atoms with van der Waals surface area (Å²) in [6, 6.07) is 28.7. The van der Waals surface area contributed by atoms with Crippen LogP contribution in [0.3, 0.4) is 0 Å². The van der Waals surface area contributed by atoms with Crippen LogP contribution in [0.4, 0.5) is 4.39 Å². The largest absolute Gasteiger partial charge is 0.453 e. The molecule has 0 saturated heterocycles. The lowest BCUT2D eigenvalue weighted by molar-refractivity contribution is 0.616. The summed E-state index contributed by atoms with van der Waals surface area (Å²) in [5.41, 5.74) is 3.63. The minimum atomic E-state index is -0.314. The Morgan fingerprint density at radius 2 is 1.70 bits per heavy atom. The molecule has 3 heterocycles. The second-order valence-corrected chi connectivity index (χ2v) is 9.90. The molecule has 0 fully saturated rings. The van der Waals surface area contributed by atoms with Crippen molar-refractivity contribution in [2.45, 2.75) is 6.54 Å². The highest BCUT2D eigenvalue weighted by Gasteiger charge is 2.17. The normalized spacial score (nSPS) is 11.8. The third kappa shape index (κ3) is 4.26. The molecule has 0 aliphatic carbocycles. The lowest BCUT2D eigenvalue weighted by atomic mass is 10.2. The zero-order valence-electron chi connectivity index (χ0n) is 21.0. The fourth-order valence-corrected chi connectivity index (χ4v) is 5.11. The first kappa shape index (κ1) is 24.1. The number of aromatic nitrogens is 3. The Balaban J connectivity index is 1.37. The number of para-hydroxylation sites is 2. The summed E-state index contributed by atoms with van der Waals surface area (Å²) >= 11 is 6.18. The van der Waals surface area contributed by atoms with E-state index < -0.39 is 0 Å². The molecule has 7 aromatic rings. The number of benzene rings is 4. The Labute approximate surface area is 232 Å². The van der Waals surface area contributed by atoms with E-state index in [-0.39, 0.29) is 17.2 Å². The fraction of sp³-hybridized carbons (Fsp3) is 0.0312. The van der Waals surface area contributed by atoms with Gasteiger partial charge in [-0.15, -0.1) is 0 Å². The maximum atomic E-state index is 13.7. The topological polar surface area (TPSA) is 65.3 Å². The molecule has 0 spiro atoms. The van der Waals surface area contributed by atoms with Crippen LogP contribution in [0.2, 0.25) is 5.02 Å². The van der Waals surface area contributed by atoms with E-state index >= 15 is 0 Å². The number of hydrogen-bond donors (Lipinski definition) is 0. The Bertz CT molecular complexity index is 2140. The molecular formula is C32H20ClFN4O2. The number of fused-ring (bicyclic) bond motifs is 3. The predicted octanol–water partition coefficient (Wildman–Crippen LogP) is 7.49. The van der Waals surface area contributed by atoms with Crippen molar-refractivity contribution in [2.75, 3.05) is 0 Å². The van der Waals surface area contributed by atoms with Crippen LogP contribution >= 0.6 is 11.6 Å². The van der Waals surface area contributed by atoms with Gasteiger partial charge in [0.2, 0.25) is 5.82 Å². The van der Waals surface area contributed by atoms with Crippen molar-refractivity contribution < 1.29 is 8.81 Å². The summed E-state index contributed by atoms with van der Waals surface area (Å²) in [6.07, 6.45) is 3.63. The van der Waals surface area contributed by atoms with Crippen LogP contribution in [-0.4, -0.2) is 20.4 Å². The molecule has 0 unspecified atom stereocenters. The van der Waals surface area contributed by atoms with Crippen molar-refractivity contribution in [3.8, 4) is 11.6 Å². The summed E-state index contributed by atoms with van der Waals surface area (Å²) in [5, 5.41) is 7.43. The van der Waals surface area contributed by atoms with Crippen LogP contribution in [0.1, 0.15) is 11.1 Å². The summed E-state index contributed by atoms with van der Waals surface area (Å²) < 4.78 is 22.9. The van der Waals surface area contributed by atoms with Gasteiger partial charge in [-0.25, -0.2) is 9.37 Å². The van der Waals surface area contributed by atoms with Crippen LogP contribution < -0.4 is 5.56 Å². The van der Waals surface area contributed by atoms with Crippen molar-refractivity contribution >= 4 is 50.6 Å². The summed E-state index contributed by atoms with van der Waals surface area (Å²) in [5.74, 6) is 0.407. The van der Waals surface area contributed by atoms with Gasteiger partial charge in [0.25, 0.3) is 5.56 Å². The zero-order chi connectivity index (χ0) is 27.2. The molecule has 6 nitrogen and oxygen atoms in total. The van der Waals surface area contributed by atoms with Crippen molar-refractivity contribution in [3.05, 3.63) is 136 Å². The van der Waals surface area contributed by atoms with Crippen molar-refractivity contribution in [1.82, 2.24) is 14.2 Å². The van der Waals surface area contributed by atoms with Gasteiger partial charge in [-0.3, -0.25) is 4.79 Å². The van der Waals surface area contributed by atoms with Crippen LogP contribution in [0.15, 0.2) is 118 Å². The first-order valence-electron chi connectivity index (χ1n) is 12.6. The van der Waals surface area contributed by atoms with E-state index in [0.29, 0.717) is 33.8 Å². The van der Waals surface area contributed by atoms with Crippen molar-refractivity contribution in [2.24, 2.45) is 5.10 Å². The first-order chi connectivity index (χ1) is 19.5. The van der Waals surface area contributed by atoms with E-state index in [2.05, 4.69) is 9.67 Å². The molecule has 0 N–H and O–H groups in total. The number of halogens is 2. The lowest BCUT2D eigenvalue weighted by Gasteiger charge is -2.07. The van der Waals surface area contributed by atoms with Gasteiger partial charge in [0.05, 0.1) is 17.1 Å². The molecule has 0 saturated carbocycles. The molecule has 7 rings (SSSR count). The molecule has 8 heteroatoms. The van der Waals surface area contributed by atoms with Gasteiger partial charge in [0.1, 0.15) is 11.4 Å². The summed E-state index contributed by atoms with van der Waals surface area (Å²) in [6.45, 7) is 0.554. The predicted molar refractivity (Wildman–Crippen MR) is 157 cm³/mol. The third-order valence-corrected chi connectivity index (χ3v) is 7.09. The quantitative estimate of drug-likeness (QED) is 0.210. The van der Waals surface area contributed by atoms with Gasteiger partial charge in [-0.2, -0.15) is 9.78 Å². The molecule has 0 amide bonds. The van der Waals surface area contributed by atoms with Crippen LogP contribution in [0.5, 0.6) is 0 Å².